The molecule has 0 fully saturated rings. The van der Waals surface area contributed by atoms with Crippen molar-refractivity contribution in [3.05, 3.63) is 40.4 Å². The van der Waals surface area contributed by atoms with Crippen LogP contribution in [0.3, 0.4) is 0 Å². The van der Waals surface area contributed by atoms with Gasteiger partial charge in [0.15, 0.2) is 5.96 Å². The lowest BCUT2D eigenvalue weighted by atomic mass is 10.1. The molecular formula is C18H24ClF2IN6O. The van der Waals surface area contributed by atoms with Crippen molar-refractivity contribution in [1.82, 2.24) is 25.4 Å². The van der Waals surface area contributed by atoms with Crippen molar-refractivity contribution >= 4 is 41.5 Å². The van der Waals surface area contributed by atoms with Crippen LogP contribution in [0.4, 0.5) is 8.78 Å². The van der Waals surface area contributed by atoms with E-state index in [1.165, 1.54) is 12.1 Å². The quantitative estimate of drug-likeness (QED) is 0.329. The molecule has 1 unspecified atom stereocenters. The van der Waals surface area contributed by atoms with Crippen molar-refractivity contribution < 1.29 is 13.5 Å². The summed E-state index contributed by atoms with van der Waals surface area (Å²) in [5.74, 6) is 2.23. The van der Waals surface area contributed by atoms with Gasteiger partial charge in [0.25, 0.3) is 0 Å². The Morgan fingerprint density at radius 3 is 2.97 bits per heavy atom. The van der Waals surface area contributed by atoms with E-state index in [2.05, 4.69) is 30.4 Å². The predicted molar refractivity (Wildman–Crippen MR) is 118 cm³/mol. The SMILES string of the molecule is CCNC(=NCc1cc(Cl)ccc1OC(F)F)NC1CCCn2nc(C)nc21.I. The van der Waals surface area contributed by atoms with Crippen molar-refractivity contribution in [2.24, 2.45) is 4.99 Å². The molecule has 11 heteroatoms. The molecule has 1 aliphatic rings. The first-order chi connectivity index (χ1) is 13.5. The Labute approximate surface area is 190 Å². The Hall–Kier alpha value is -1.69. The first-order valence-corrected chi connectivity index (χ1v) is 9.53. The molecule has 2 heterocycles. The second-order valence-corrected chi connectivity index (χ2v) is 6.84. The first-order valence-electron chi connectivity index (χ1n) is 9.15. The number of nitrogens with zero attached hydrogens (tertiary/aromatic N) is 4. The molecule has 29 heavy (non-hydrogen) atoms. The van der Waals surface area contributed by atoms with Crippen LogP contribution in [-0.4, -0.2) is 33.9 Å². The highest BCUT2D eigenvalue weighted by Gasteiger charge is 2.24. The van der Waals surface area contributed by atoms with E-state index >= 15 is 0 Å². The van der Waals surface area contributed by atoms with Crippen molar-refractivity contribution in [3.8, 4) is 5.75 Å². The molecule has 2 N–H and O–H groups in total. The van der Waals surface area contributed by atoms with Crippen molar-refractivity contribution in [3.63, 3.8) is 0 Å². The van der Waals surface area contributed by atoms with E-state index in [1.54, 1.807) is 6.07 Å². The van der Waals surface area contributed by atoms with Crippen LogP contribution in [0.2, 0.25) is 5.02 Å². The third-order valence-corrected chi connectivity index (χ3v) is 4.52. The third kappa shape index (κ3) is 6.39. The summed E-state index contributed by atoms with van der Waals surface area (Å²) >= 11 is 6.00. The number of hydrogen-bond acceptors (Lipinski definition) is 4. The molecule has 0 amide bonds. The van der Waals surface area contributed by atoms with E-state index in [4.69, 9.17) is 11.6 Å². The number of halogens is 4. The molecule has 1 atom stereocenters. The molecule has 2 aromatic rings. The summed E-state index contributed by atoms with van der Waals surface area (Å²) in [7, 11) is 0. The number of benzene rings is 1. The Kier molecular flexibility index (Phi) is 8.87. The van der Waals surface area contributed by atoms with Gasteiger partial charge in [0.1, 0.15) is 17.4 Å². The van der Waals surface area contributed by atoms with Crippen LogP contribution in [0, 0.1) is 6.92 Å². The van der Waals surface area contributed by atoms with Gasteiger partial charge in [-0.25, -0.2) is 14.7 Å². The number of nitrogens with one attached hydrogen (secondary N) is 2. The van der Waals surface area contributed by atoms with Gasteiger partial charge in [0.2, 0.25) is 0 Å². The normalized spacial score (nSPS) is 16.2. The van der Waals surface area contributed by atoms with E-state index < -0.39 is 6.61 Å². The van der Waals surface area contributed by atoms with Crippen molar-refractivity contribution in [2.75, 3.05) is 6.54 Å². The Morgan fingerprint density at radius 1 is 1.45 bits per heavy atom. The summed E-state index contributed by atoms with van der Waals surface area (Å²) < 4.78 is 31.8. The fourth-order valence-corrected chi connectivity index (χ4v) is 3.33. The summed E-state index contributed by atoms with van der Waals surface area (Å²) in [6, 6.07) is 4.48. The topological polar surface area (TPSA) is 76.4 Å². The van der Waals surface area contributed by atoms with E-state index in [0.717, 1.165) is 31.0 Å². The number of guanidine groups is 1. The summed E-state index contributed by atoms with van der Waals surface area (Å²) in [5, 5.41) is 11.4. The molecule has 7 nitrogen and oxygen atoms in total. The number of alkyl halides is 2. The molecule has 0 saturated heterocycles. The van der Waals surface area contributed by atoms with Gasteiger partial charge in [0, 0.05) is 23.7 Å². The zero-order chi connectivity index (χ0) is 20.1. The number of aromatic nitrogens is 3. The van der Waals surface area contributed by atoms with E-state index in [-0.39, 0.29) is 42.3 Å². The maximum absolute atomic E-state index is 12.6. The molecule has 160 valence electrons. The fourth-order valence-electron chi connectivity index (χ4n) is 3.14. The van der Waals surface area contributed by atoms with Gasteiger partial charge in [-0.3, -0.25) is 0 Å². The zero-order valence-corrected chi connectivity index (χ0v) is 19.2. The standard InChI is InChI=1S/C18H23ClF2N6O.HI/c1-3-22-18(25-14-5-4-8-27-16(14)24-11(2)26-27)23-10-12-9-13(19)6-7-15(12)28-17(20)21;/h6-7,9,14,17H,3-5,8,10H2,1-2H3,(H2,22,23,25);1H. The average molecular weight is 541 g/mol. The summed E-state index contributed by atoms with van der Waals surface area (Å²) in [4.78, 5) is 9.03. The third-order valence-electron chi connectivity index (χ3n) is 4.28. The largest absolute Gasteiger partial charge is 0.434 e. The Morgan fingerprint density at radius 2 is 2.24 bits per heavy atom. The highest BCUT2D eigenvalue weighted by molar-refractivity contribution is 14.0. The van der Waals surface area contributed by atoms with Crippen LogP contribution < -0.4 is 15.4 Å². The van der Waals surface area contributed by atoms with Gasteiger partial charge in [-0.05, 0) is 44.9 Å². The number of fused-ring (bicyclic) bond motifs is 1. The lowest BCUT2D eigenvalue weighted by Crippen LogP contribution is -2.41. The van der Waals surface area contributed by atoms with Gasteiger partial charge < -0.3 is 15.4 Å². The van der Waals surface area contributed by atoms with Crippen LogP contribution in [-0.2, 0) is 13.1 Å². The minimum atomic E-state index is -2.91. The van der Waals surface area contributed by atoms with Crippen LogP contribution in [0.5, 0.6) is 5.75 Å². The smallest absolute Gasteiger partial charge is 0.387 e. The van der Waals surface area contributed by atoms with Gasteiger partial charge >= 0.3 is 6.61 Å². The maximum atomic E-state index is 12.6. The Balaban J connectivity index is 0.00000300. The molecule has 3 rings (SSSR count). The second kappa shape index (κ2) is 10.9. The van der Waals surface area contributed by atoms with Crippen LogP contribution in [0.1, 0.15) is 43.0 Å². The number of aryl methyl sites for hydroxylation is 2. The monoisotopic (exact) mass is 540 g/mol. The molecule has 1 aromatic heterocycles. The van der Waals surface area contributed by atoms with Crippen LogP contribution in [0.15, 0.2) is 23.2 Å². The summed E-state index contributed by atoms with van der Waals surface area (Å²) in [5.41, 5.74) is 0.479. The minimum Gasteiger partial charge on any atom is -0.434 e. The number of rotatable bonds is 6. The van der Waals surface area contributed by atoms with E-state index in [9.17, 15) is 8.78 Å². The molecule has 0 saturated carbocycles. The molecule has 0 aliphatic carbocycles. The van der Waals surface area contributed by atoms with Gasteiger partial charge in [-0.1, -0.05) is 11.6 Å². The summed E-state index contributed by atoms with van der Waals surface area (Å²) in [6.07, 6.45) is 1.88. The molecular weight excluding hydrogens is 517 g/mol. The molecule has 1 aliphatic heterocycles. The van der Waals surface area contributed by atoms with Crippen molar-refractivity contribution in [1.29, 1.82) is 0 Å². The maximum Gasteiger partial charge on any atom is 0.387 e. The molecule has 0 radical (unpaired) electrons. The summed E-state index contributed by atoms with van der Waals surface area (Å²) in [6.45, 7) is 2.54. The minimum absolute atomic E-state index is 0. The van der Waals surface area contributed by atoms with Crippen LogP contribution in [0.25, 0.3) is 0 Å². The number of hydrogen-bond donors (Lipinski definition) is 2. The average Bonchev–Trinajstić information content (AvgIpc) is 3.02. The molecule has 0 spiro atoms. The predicted octanol–water partition coefficient (Wildman–Crippen LogP) is 4.05. The van der Waals surface area contributed by atoms with E-state index in [0.29, 0.717) is 23.1 Å². The lowest BCUT2D eigenvalue weighted by Gasteiger charge is -2.25. The van der Waals surface area contributed by atoms with Gasteiger partial charge in [0.05, 0.1) is 12.6 Å². The molecule has 0 bridgehead atoms. The lowest BCUT2D eigenvalue weighted by molar-refractivity contribution is -0.0504. The van der Waals surface area contributed by atoms with Gasteiger partial charge in [-0.2, -0.15) is 13.9 Å². The van der Waals surface area contributed by atoms with Gasteiger partial charge in [-0.15, -0.1) is 24.0 Å². The first kappa shape index (κ1) is 23.6. The Bertz CT molecular complexity index is 848. The van der Waals surface area contributed by atoms with Crippen LogP contribution >= 0.6 is 35.6 Å². The van der Waals surface area contributed by atoms with E-state index in [1.807, 2.05) is 18.5 Å². The zero-order valence-electron chi connectivity index (χ0n) is 16.2. The molecule has 1 aromatic carbocycles. The van der Waals surface area contributed by atoms with Crippen molar-refractivity contribution in [2.45, 2.75) is 52.4 Å². The fraction of sp³-hybridized carbons (Fsp3) is 0.500. The highest BCUT2D eigenvalue weighted by Crippen LogP contribution is 2.26. The number of ether oxygens (including phenoxy) is 1. The number of aliphatic imine (C=N–C) groups is 1. The second-order valence-electron chi connectivity index (χ2n) is 6.41. The highest BCUT2D eigenvalue weighted by atomic mass is 127.